The molecule has 0 atom stereocenters. The maximum Gasteiger partial charge on any atom is 0.258 e. The van der Waals surface area contributed by atoms with Crippen molar-refractivity contribution in [3.63, 3.8) is 0 Å². The number of rotatable bonds is 2. The van der Waals surface area contributed by atoms with Crippen LogP contribution in [0.5, 0.6) is 5.75 Å². The minimum atomic E-state index is -0.00212. The summed E-state index contributed by atoms with van der Waals surface area (Å²) in [5.74, 6) is -0.00212. The van der Waals surface area contributed by atoms with Gasteiger partial charge in [0, 0.05) is 16.7 Å². The van der Waals surface area contributed by atoms with Gasteiger partial charge in [0.15, 0.2) is 12.0 Å². The number of phenols is 1. The van der Waals surface area contributed by atoms with Crippen LogP contribution in [0.1, 0.15) is 11.1 Å². The normalized spacial score (nSPS) is 11.6. The Labute approximate surface area is 110 Å². The molecule has 0 heterocycles. The minimum Gasteiger partial charge on any atom is -0.618 e. The lowest BCUT2D eigenvalue weighted by atomic mass is 10.2. The van der Waals surface area contributed by atoms with E-state index in [0.29, 0.717) is 15.3 Å². The lowest BCUT2D eigenvalue weighted by molar-refractivity contribution is -0.355. The molecule has 0 amide bonds. The molecular weight excluding hydrogens is 250 g/mol. The maximum absolute atomic E-state index is 11.9. The number of hydrogen-bond acceptors (Lipinski definition) is 2. The summed E-state index contributed by atoms with van der Waals surface area (Å²) in [7, 11) is 0. The van der Waals surface area contributed by atoms with Crippen molar-refractivity contribution in [1.82, 2.24) is 0 Å². The Kier molecular flexibility index (Phi) is 3.53. The molecule has 0 aliphatic heterocycles. The Bertz CT molecular complexity index is 591. The number of hydrogen-bond donors (Lipinski definition) is 1. The quantitative estimate of drug-likeness (QED) is 0.388. The van der Waals surface area contributed by atoms with Crippen molar-refractivity contribution in [2.45, 2.75) is 6.92 Å². The fourth-order valence-corrected chi connectivity index (χ4v) is 1.70. The summed E-state index contributed by atoms with van der Waals surface area (Å²) in [6, 6.07) is 11.9. The first kappa shape index (κ1) is 12.5. The molecule has 2 rings (SSSR count). The van der Waals surface area contributed by atoms with Crippen molar-refractivity contribution in [1.29, 1.82) is 0 Å². The van der Waals surface area contributed by atoms with Gasteiger partial charge in [0.25, 0.3) is 5.69 Å². The molecule has 0 aliphatic carbocycles. The third-order valence-electron chi connectivity index (χ3n) is 2.59. The van der Waals surface area contributed by atoms with Gasteiger partial charge in [-0.25, -0.2) is 0 Å². The van der Waals surface area contributed by atoms with Crippen LogP contribution in [0.15, 0.2) is 42.5 Å². The molecule has 0 saturated carbocycles. The van der Waals surface area contributed by atoms with Gasteiger partial charge in [0.05, 0.1) is 0 Å². The fourth-order valence-electron chi connectivity index (χ4n) is 1.58. The third-order valence-corrected chi connectivity index (χ3v) is 2.84. The highest BCUT2D eigenvalue weighted by Crippen LogP contribution is 2.28. The lowest BCUT2D eigenvalue weighted by Gasteiger charge is -2.06. The molecule has 0 aliphatic rings. The van der Waals surface area contributed by atoms with Crippen LogP contribution >= 0.6 is 11.6 Å². The van der Waals surface area contributed by atoms with Gasteiger partial charge >= 0.3 is 0 Å². The smallest absolute Gasteiger partial charge is 0.258 e. The Morgan fingerprint density at radius 3 is 2.50 bits per heavy atom. The average Bonchev–Trinajstić information content (AvgIpc) is 2.35. The largest absolute Gasteiger partial charge is 0.618 e. The Hall–Kier alpha value is -2.00. The summed E-state index contributed by atoms with van der Waals surface area (Å²) in [4.78, 5) is 0. The van der Waals surface area contributed by atoms with Gasteiger partial charge in [-0.3, -0.25) is 0 Å². The summed E-state index contributed by atoms with van der Waals surface area (Å²) >= 11 is 5.77. The van der Waals surface area contributed by atoms with E-state index in [4.69, 9.17) is 11.6 Å². The minimum absolute atomic E-state index is 0.00212. The first-order chi connectivity index (χ1) is 8.58. The predicted octanol–water partition coefficient (Wildman–Crippen LogP) is 3.61. The Balaban J connectivity index is 2.39. The SMILES string of the molecule is Cc1cccc([N+]([O-])=Cc2ccc(Cl)cc2)c1O. The van der Waals surface area contributed by atoms with Gasteiger partial charge < -0.3 is 10.3 Å². The Morgan fingerprint density at radius 2 is 1.83 bits per heavy atom. The van der Waals surface area contributed by atoms with E-state index in [0.717, 1.165) is 5.56 Å². The fraction of sp³-hybridized carbons (Fsp3) is 0.0714. The van der Waals surface area contributed by atoms with Crippen LogP contribution in [-0.2, 0) is 0 Å². The van der Waals surface area contributed by atoms with Gasteiger partial charge in [-0.1, -0.05) is 23.7 Å². The second kappa shape index (κ2) is 5.10. The molecule has 4 heteroatoms. The molecule has 0 fully saturated rings. The van der Waals surface area contributed by atoms with E-state index in [9.17, 15) is 10.3 Å². The molecule has 0 bridgehead atoms. The number of aromatic hydroxyl groups is 1. The molecule has 0 aromatic heterocycles. The zero-order chi connectivity index (χ0) is 13.1. The number of benzene rings is 2. The average molecular weight is 262 g/mol. The standard InChI is InChI=1S/C14H12ClNO2/c1-10-3-2-4-13(14(10)17)16(18)9-11-5-7-12(15)8-6-11/h2-9,17H,1H3. The van der Waals surface area contributed by atoms with E-state index in [-0.39, 0.29) is 11.4 Å². The third kappa shape index (κ3) is 2.63. The summed E-state index contributed by atoms with van der Waals surface area (Å²) in [5.41, 5.74) is 1.61. The van der Waals surface area contributed by atoms with Crippen LogP contribution in [0.4, 0.5) is 5.69 Å². The Morgan fingerprint density at radius 1 is 1.17 bits per heavy atom. The summed E-state index contributed by atoms with van der Waals surface area (Å²) < 4.78 is 0.644. The second-order valence-electron chi connectivity index (χ2n) is 3.95. The molecule has 1 N–H and O–H groups in total. The van der Waals surface area contributed by atoms with Crippen molar-refractivity contribution in [3.05, 3.63) is 63.8 Å². The lowest BCUT2D eigenvalue weighted by Crippen LogP contribution is -1.99. The molecule has 0 unspecified atom stereocenters. The van der Waals surface area contributed by atoms with Gasteiger partial charge in [0.1, 0.15) is 0 Å². The number of aryl methyl sites for hydroxylation is 1. The molecular formula is C14H12ClNO2. The molecule has 92 valence electrons. The van der Waals surface area contributed by atoms with E-state index in [1.165, 1.54) is 6.21 Å². The van der Waals surface area contributed by atoms with Crippen molar-refractivity contribution < 1.29 is 9.85 Å². The maximum atomic E-state index is 11.9. The van der Waals surface area contributed by atoms with Gasteiger partial charge in [-0.2, -0.15) is 4.74 Å². The summed E-state index contributed by atoms with van der Waals surface area (Å²) in [6.45, 7) is 1.75. The zero-order valence-electron chi connectivity index (χ0n) is 9.80. The monoisotopic (exact) mass is 261 g/mol. The van der Waals surface area contributed by atoms with Crippen LogP contribution in [0, 0.1) is 12.1 Å². The number of halogens is 1. The second-order valence-corrected chi connectivity index (χ2v) is 4.39. The van der Waals surface area contributed by atoms with Crippen molar-refractivity contribution in [2.24, 2.45) is 0 Å². The highest BCUT2D eigenvalue weighted by molar-refractivity contribution is 6.30. The topological polar surface area (TPSA) is 46.3 Å². The highest BCUT2D eigenvalue weighted by atomic mass is 35.5. The van der Waals surface area contributed by atoms with Crippen molar-refractivity contribution in [2.75, 3.05) is 0 Å². The summed E-state index contributed by atoms with van der Waals surface area (Å²) in [6.07, 6.45) is 1.39. The molecule has 2 aromatic carbocycles. The number of para-hydroxylation sites is 1. The molecule has 18 heavy (non-hydrogen) atoms. The predicted molar refractivity (Wildman–Crippen MR) is 72.7 cm³/mol. The molecule has 0 radical (unpaired) electrons. The van der Waals surface area contributed by atoms with E-state index in [1.807, 2.05) is 0 Å². The van der Waals surface area contributed by atoms with Gasteiger partial charge in [-0.15, -0.1) is 0 Å². The molecule has 3 nitrogen and oxygen atoms in total. The van der Waals surface area contributed by atoms with Crippen LogP contribution < -0.4 is 0 Å². The van der Waals surface area contributed by atoms with Gasteiger partial charge in [0.2, 0.25) is 0 Å². The first-order valence-electron chi connectivity index (χ1n) is 5.43. The van der Waals surface area contributed by atoms with E-state index >= 15 is 0 Å². The van der Waals surface area contributed by atoms with E-state index in [1.54, 1.807) is 49.4 Å². The van der Waals surface area contributed by atoms with Crippen molar-refractivity contribution >= 4 is 23.5 Å². The van der Waals surface area contributed by atoms with E-state index < -0.39 is 0 Å². The number of nitrogens with zero attached hydrogens (tertiary/aromatic N) is 1. The molecule has 0 spiro atoms. The zero-order valence-corrected chi connectivity index (χ0v) is 10.6. The molecule has 2 aromatic rings. The van der Waals surface area contributed by atoms with Crippen LogP contribution in [-0.4, -0.2) is 16.1 Å². The van der Waals surface area contributed by atoms with Crippen LogP contribution in [0.3, 0.4) is 0 Å². The van der Waals surface area contributed by atoms with Crippen LogP contribution in [0.25, 0.3) is 0 Å². The number of phenolic OH excluding ortho intramolecular Hbond substituents is 1. The first-order valence-corrected chi connectivity index (χ1v) is 5.81. The van der Waals surface area contributed by atoms with Crippen molar-refractivity contribution in [3.8, 4) is 5.75 Å². The highest BCUT2D eigenvalue weighted by Gasteiger charge is 2.10. The molecule has 0 saturated heterocycles. The summed E-state index contributed by atoms with van der Waals surface area (Å²) in [5, 5.41) is 22.4. The van der Waals surface area contributed by atoms with E-state index in [2.05, 4.69) is 0 Å². The van der Waals surface area contributed by atoms with Crippen LogP contribution in [0.2, 0.25) is 5.02 Å². The van der Waals surface area contributed by atoms with Gasteiger partial charge in [-0.05, 0) is 36.8 Å².